The van der Waals surface area contributed by atoms with Crippen LogP contribution in [0.4, 0.5) is 0 Å². The van der Waals surface area contributed by atoms with Gasteiger partial charge in [0.15, 0.2) is 0 Å². The maximum absolute atomic E-state index is 11.9. The summed E-state index contributed by atoms with van der Waals surface area (Å²) in [4.78, 5) is 11.9. The summed E-state index contributed by atoms with van der Waals surface area (Å²) >= 11 is 12.0. The Labute approximate surface area is 144 Å². The third-order valence-electron chi connectivity index (χ3n) is 4.66. The summed E-state index contributed by atoms with van der Waals surface area (Å²) in [6.07, 6.45) is 0. The lowest BCUT2D eigenvalue weighted by Gasteiger charge is -2.09. The quantitative estimate of drug-likeness (QED) is 0.805. The number of benzene rings is 2. The molecule has 1 aliphatic rings. The van der Waals surface area contributed by atoms with E-state index in [1.54, 1.807) is 19.2 Å². The average molecular weight is 351 g/mol. The molecule has 2 aromatic rings. The molecule has 1 saturated carbocycles. The van der Waals surface area contributed by atoms with E-state index >= 15 is 0 Å². The first-order valence-electron chi connectivity index (χ1n) is 7.23. The molecule has 5 heteroatoms. The zero-order valence-electron chi connectivity index (χ0n) is 12.5. The molecule has 0 saturated heterocycles. The molecule has 1 fully saturated rings. The second-order valence-corrected chi connectivity index (χ2v) is 6.46. The van der Waals surface area contributed by atoms with Crippen LogP contribution >= 0.6 is 23.2 Å². The van der Waals surface area contributed by atoms with E-state index in [2.05, 4.69) is 0 Å². The van der Waals surface area contributed by atoms with Crippen LogP contribution in [0.25, 0.3) is 0 Å². The molecule has 0 spiro atoms. The van der Waals surface area contributed by atoms with Gasteiger partial charge in [0, 0.05) is 22.7 Å². The lowest BCUT2D eigenvalue weighted by atomic mass is 10.00. The van der Waals surface area contributed by atoms with E-state index in [1.807, 2.05) is 36.4 Å². The van der Waals surface area contributed by atoms with Crippen LogP contribution in [0, 0.1) is 5.41 Å². The van der Waals surface area contributed by atoms with Crippen molar-refractivity contribution in [1.29, 1.82) is 0 Å². The third-order valence-corrected chi connectivity index (χ3v) is 5.35. The lowest BCUT2D eigenvalue weighted by Crippen LogP contribution is -2.20. The van der Waals surface area contributed by atoms with Crippen molar-refractivity contribution in [3.05, 3.63) is 64.7 Å². The molecule has 0 unspecified atom stereocenters. The summed E-state index contributed by atoms with van der Waals surface area (Å²) in [5.41, 5.74) is 0.913. The minimum atomic E-state index is -0.982. The van der Waals surface area contributed by atoms with Crippen LogP contribution in [0.2, 0.25) is 5.02 Å². The minimum absolute atomic E-state index is 0.0618. The number of alkyl halides is 1. The van der Waals surface area contributed by atoms with Crippen LogP contribution in [0.1, 0.15) is 23.0 Å². The third kappa shape index (κ3) is 2.58. The molecule has 120 valence electrons. The molecule has 0 bridgehead atoms. The highest BCUT2D eigenvalue weighted by Gasteiger charge is 2.70. The van der Waals surface area contributed by atoms with Gasteiger partial charge in [-0.05, 0) is 35.4 Å². The number of hydrogen-bond donors (Lipinski definition) is 1. The van der Waals surface area contributed by atoms with E-state index in [1.165, 1.54) is 0 Å². The molecule has 0 aromatic heterocycles. The molecule has 0 amide bonds. The molecular formula is C18H16Cl2O3. The monoisotopic (exact) mass is 350 g/mol. The predicted octanol–water partition coefficient (Wildman–Crippen LogP) is 4.54. The Kier molecular flexibility index (Phi) is 4.26. The molecule has 0 aliphatic heterocycles. The number of carboxylic acids is 1. The fourth-order valence-corrected chi connectivity index (χ4v) is 3.96. The van der Waals surface area contributed by atoms with Gasteiger partial charge in [0.25, 0.3) is 0 Å². The van der Waals surface area contributed by atoms with Crippen molar-refractivity contribution in [1.82, 2.24) is 0 Å². The molecular weight excluding hydrogens is 335 g/mol. The van der Waals surface area contributed by atoms with E-state index in [4.69, 9.17) is 27.9 Å². The summed E-state index contributed by atoms with van der Waals surface area (Å²) in [6.45, 7) is 0. The molecule has 0 radical (unpaired) electrons. The molecule has 3 rings (SSSR count). The van der Waals surface area contributed by atoms with Crippen LogP contribution in [0.5, 0.6) is 5.75 Å². The van der Waals surface area contributed by atoms with E-state index < -0.39 is 11.4 Å². The largest absolute Gasteiger partial charge is 0.497 e. The van der Waals surface area contributed by atoms with Crippen molar-refractivity contribution in [2.45, 2.75) is 11.8 Å². The Hall–Kier alpha value is -1.71. The van der Waals surface area contributed by atoms with Gasteiger partial charge in [-0.1, -0.05) is 35.9 Å². The lowest BCUT2D eigenvalue weighted by molar-refractivity contribution is -0.142. The van der Waals surface area contributed by atoms with Gasteiger partial charge in [-0.3, -0.25) is 4.79 Å². The Morgan fingerprint density at radius 3 is 1.96 bits per heavy atom. The Morgan fingerprint density at radius 2 is 1.57 bits per heavy atom. The topological polar surface area (TPSA) is 46.5 Å². The first kappa shape index (κ1) is 16.2. The van der Waals surface area contributed by atoms with E-state index in [0.29, 0.717) is 5.02 Å². The highest BCUT2D eigenvalue weighted by Crippen LogP contribution is 2.71. The second-order valence-electron chi connectivity index (χ2n) is 5.76. The zero-order valence-corrected chi connectivity index (χ0v) is 14.0. The summed E-state index contributed by atoms with van der Waals surface area (Å²) in [5, 5.41) is 10.4. The van der Waals surface area contributed by atoms with Crippen LogP contribution in [0.3, 0.4) is 0 Å². The van der Waals surface area contributed by atoms with Crippen molar-refractivity contribution in [3.63, 3.8) is 0 Å². The molecule has 23 heavy (non-hydrogen) atoms. The molecule has 3 nitrogen and oxygen atoms in total. The van der Waals surface area contributed by atoms with Gasteiger partial charge in [0.2, 0.25) is 0 Å². The van der Waals surface area contributed by atoms with Crippen molar-refractivity contribution in [3.8, 4) is 5.75 Å². The highest BCUT2D eigenvalue weighted by atomic mass is 35.5. The van der Waals surface area contributed by atoms with Crippen LogP contribution < -0.4 is 4.74 Å². The van der Waals surface area contributed by atoms with Crippen molar-refractivity contribution in [2.75, 3.05) is 13.0 Å². The Bertz CT molecular complexity index is 712. The summed E-state index contributed by atoms with van der Waals surface area (Å²) in [6, 6.07) is 14.8. The number of methoxy groups -OCH3 is 1. The van der Waals surface area contributed by atoms with Gasteiger partial charge in [-0.25, -0.2) is 0 Å². The molecule has 0 heterocycles. The number of halogens is 2. The van der Waals surface area contributed by atoms with Gasteiger partial charge in [0.05, 0.1) is 12.5 Å². The number of aliphatic carboxylic acids is 1. The maximum atomic E-state index is 11.9. The average Bonchev–Trinajstić information content (AvgIpc) is 3.26. The maximum Gasteiger partial charge on any atom is 0.312 e. The summed E-state index contributed by atoms with van der Waals surface area (Å²) < 4.78 is 5.16. The Balaban J connectivity index is 2.01. The minimum Gasteiger partial charge on any atom is -0.497 e. The second kappa shape index (κ2) is 6.06. The molecule has 1 aliphatic carbocycles. The summed E-state index contributed by atoms with van der Waals surface area (Å²) in [7, 11) is 1.60. The van der Waals surface area contributed by atoms with Gasteiger partial charge in [-0.15, -0.1) is 11.6 Å². The SMILES string of the molecule is COc1ccc([C@@H]2[C@@H](c3ccc(Cl)cc3)[C@@]2(CCl)C(=O)O)cc1. The van der Waals surface area contributed by atoms with E-state index in [9.17, 15) is 9.90 Å². The van der Waals surface area contributed by atoms with Gasteiger partial charge < -0.3 is 9.84 Å². The Morgan fingerprint density at radius 1 is 1.09 bits per heavy atom. The number of carbonyl (C=O) groups is 1. The smallest absolute Gasteiger partial charge is 0.312 e. The van der Waals surface area contributed by atoms with Crippen LogP contribution in [-0.2, 0) is 4.79 Å². The molecule has 2 aromatic carbocycles. The first-order chi connectivity index (χ1) is 11.0. The standard InChI is InChI=1S/C18H16Cl2O3/c1-23-14-8-4-12(5-9-14)16-15(18(16,10-19)17(21)22)11-2-6-13(20)7-3-11/h2-9,15-16H,10H2,1H3,(H,21,22)/t15-,16-,18-/m1/s1. The zero-order chi connectivity index (χ0) is 16.6. The van der Waals surface area contributed by atoms with Crippen molar-refractivity contribution in [2.24, 2.45) is 5.41 Å². The number of ether oxygens (including phenoxy) is 1. The van der Waals surface area contributed by atoms with Gasteiger partial charge in [-0.2, -0.15) is 0 Å². The fraction of sp³-hybridized carbons (Fsp3) is 0.278. The number of hydrogen-bond acceptors (Lipinski definition) is 2. The predicted molar refractivity (Wildman–Crippen MR) is 90.7 cm³/mol. The highest BCUT2D eigenvalue weighted by molar-refractivity contribution is 6.30. The van der Waals surface area contributed by atoms with Crippen LogP contribution in [0.15, 0.2) is 48.5 Å². The number of carboxylic acid groups (broad SMARTS) is 1. The van der Waals surface area contributed by atoms with Gasteiger partial charge >= 0.3 is 5.97 Å². The van der Waals surface area contributed by atoms with Crippen LogP contribution in [-0.4, -0.2) is 24.1 Å². The fourth-order valence-electron chi connectivity index (χ4n) is 3.39. The molecule has 3 atom stereocenters. The van der Waals surface area contributed by atoms with E-state index in [-0.39, 0.29) is 17.7 Å². The van der Waals surface area contributed by atoms with Crippen molar-refractivity contribution >= 4 is 29.2 Å². The first-order valence-corrected chi connectivity index (χ1v) is 8.14. The van der Waals surface area contributed by atoms with E-state index in [0.717, 1.165) is 16.9 Å². The normalized spacial score (nSPS) is 25.9. The summed E-state index contributed by atoms with van der Waals surface area (Å²) in [5.74, 6) is -0.392. The van der Waals surface area contributed by atoms with Gasteiger partial charge in [0.1, 0.15) is 5.75 Å². The molecule has 1 N–H and O–H groups in total. The van der Waals surface area contributed by atoms with Crippen molar-refractivity contribution < 1.29 is 14.6 Å². The number of rotatable bonds is 5.